The molecular formula is C51H34O. The van der Waals surface area contributed by atoms with Gasteiger partial charge in [-0.15, -0.1) is 0 Å². The van der Waals surface area contributed by atoms with Crippen molar-refractivity contribution in [1.82, 2.24) is 0 Å². The molecule has 11 rings (SSSR count). The summed E-state index contributed by atoms with van der Waals surface area (Å²) in [4.78, 5) is 0. The van der Waals surface area contributed by atoms with E-state index >= 15 is 0 Å². The minimum Gasteiger partial charge on any atom is -0.456 e. The van der Waals surface area contributed by atoms with Crippen LogP contribution in [0.3, 0.4) is 0 Å². The van der Waals surface area contributed by atoms with Gasteiger partial charge in [0.2, 0.25) is 0 Å². The van der Waals surface area contributed by atoms with Gasteiger partial charge in [-0.05, 0) is 118 Å². The molecule has 0 fully saturated rings. The van der Waals surface area contributed by atoms with Crippen molar-refractivity contribution < 1.29 is 4.42 Å². The highest BCUT2D eigenvalue weighted by Gasteiger charge is 2.36. The normalized spacial score (nSPS) is 13.3. The van der Waals surface area contributed by atoms with E-state index in [1.54, 1.807) is 0 Å². The van der Waals surface area contributed by atoms with Crippen LogP contribution in [-0.4, -0.2) is 0 Å². The first-order chi connectivity index (χ1) is 25.5. The van der Waals surface area contributed by atoms with Crippen LogP contribution in [0.15, 0.2) is 174 Å². The number of furan rings is 1. The van der Waals surface area contributed by atoms with Gasteiger partial charge >= 0.3 is 0 Å². The molecule has 0 radical (unpaired) electrons. The van der Waals surface area contributed by atoms with Crippen molar-refractivity contribution in [1.29, 1.82) is 0 Å². The van der Waals surface area contributed by atoms with E-state index in [2.05, 4.69) is 178 Å². The molecule has 0 spiro atoms. The average molecular weight is 663 g/mol. The summed E-state index contributed by atoms with van der Waals surface area (Å²) >= 11 is 0. The van der Waals surface area contributed by atoms with E-state index in [4.69, 9.17) is 4.42 Å². The SMILES string of the molecule is CC1(C)c2ccc(-c3ccc(-c4c5ccccc5c(-c5ccccc5)c5ccccc45)cc3)cc2-c2cc3ccc4oc5ccccc5c4c3cc21. The van der Waals surface area contributed by atoms with E-state index in [-0.39, 0.29) is 5.41 Å². The summed E-state index contributed by atoms with van der Waals surface area (Å²) in [5, 5.41) is 9.99. The van der Waals surface area contributed by atoms with Gasteiger partial charge in [-0.25, -0.2) is 0 Å². The second-order valence-electron chi connectivity index (χ2n) is 14.8. The predicted octanol–water partition coefficient (Wildman–Crippen LogP) is 14.4. The zero-order chi connectivity index (χ0) is 34.6. The smallest absolute Gasteiger partial charge is 0.136 e. The molecular weight excluding hydrogens is 629 g/mol. The lowest BCUT2D eigenvalue weighted by Gasteiger charge is -2.22. The first-order valence-corrected chi connectivity index (χ1v) is 18.2. The summed E-state index contributed by atoms with van der Waals surface area (Å²) in [5.74, 6) is 0. The lowest BCUT2D eigenvalue weighted by atomic mass is 9.81. The van der Waals surface area contributed by atoms with E-state index in [9.17, 15) is 0 Å². The molecule has 1 heteroatoms. The standard InChI is InChI=1S/C51H34O/c1-51(2)44-26-24-34(28-42(44)43-29-35-25-27-47-50(41(35)30-45(43)51)40-18-10-11-19-46(40)52-47)31-20-22-33(23-21-31)49-38-16-8-6-14-36(38)48(32-12-4-3-5-13-32)37-15-7-9-17-39(37)49/h3-30H,1-2H3. The van der Waals surface area contributed by atoms with Crippen molar-refractivity contribution in [3.05, 3.63) is 181 Å². The number of fused-ring (bicyclic) bond motifs is 10. The van der Waals surface area contributed by atoms with Gasteiger partial charge in [0.05, 0.1) is 0 Å². The molecule has 1 aromatic heterocycles. The van der Waals surface area contributed by atoms with Crippen molar-refractivity contribution in [2.45, 2.75) is 19.3 Å². The zero-order valence-electron chi connectivity index (χ0n) is 29.1. The number of rotatable bonds is 3. The highest BCUT2D eigenvalue weighted by atomic mass is 16.3. The van der Waals surface area contributed by atoms with Crippen molar-refractivity contribution in [2.75, 3.05) is 0 Å². The summed E-state index contributed by atoms with van der Waals surface area (Å²) in [6.45, 7) is 4.73. The van der Waals surface area contributed by atoms with Gasteiger partial charge in [0.15, 0.2) is 0 Å². The van der Waals surface area contributed by atoms with Crippen LogP contribution in [0, 0.1) is 0 Å². The maximum atomic E-state index is 6.26. The van der Waals surface area contributed by atoms with Gasteiger partial charge in [0.1, 0.15) is 11.2 Å². The third kappa shape index (κ3) is 4.11. The van der Waals surface area contributed by atoms with Gasteiger partial charge in [-0.3, -0.25) is 0 Å². The Morgan fingerprint density at radius 1 is 0.365 bits per heavy atom. The monoisotopic (exact) mass is 662 g/mol. The van der Waals surface area contributed by atoms with Crippen LogP contribution in [0.2, 0.25) is 0 Å². The van der Waals surface area contributed by atoms with Gasteiger partial charge in [0, 0.05) is 16.2 Å². The molecule has 244 valence electrons. The molecule has 1 heterocycles. The Balaban J connectivity index is 1.04. The summed E-state index contributed by atoms with van der Waals surface area (Å²) in [6, 6.07) is 62.4. The summed E-state index contributed by atoms with van der Waals surface area (Å²) < 4.78 is 6.26. The highest BCUT2D eigenvalue weighted by molar-refractivity contribution is 6.22. The average Bonchev–Trinajstić information content (AvgIpc) is 3.68. The maximum absolute atomic E-state index is 6.26. The van der Waals surface area contributed by atoms with Gasteiger partial charge in [0.25, 0.3) is 0 Å². The quantitative estimate of drug-likeness (QED) is 0.172. The lowest BCUT2D eigenvalue weighted by Crippen LogP contribution is -2.14. The van der Waals surface area contributed by atoms with Gasteiger partial charge in [-0.2, -0.15) is 0 Å². The van der Waals surface area contributed by atoms with E-state index in [1.807, 2.05) is 6.07 Å². The maximum Gasteiger partial charge on any atom is 0.136 e. The topological polar surface area (TPSA) is 13.1 Å². The molecule has 9 aromatic carbocycles. The summed E-state index contributed by atoms with van der Waals surface area (Å²) in [7, 11) is 0. The van der Waals surface area contributed by atoms with Crippen LogP contribution in [-0.2, 0) is 5.41 Å². The van der Waals surface area contributed by atoms with E-state index in [0.29, 0.717) is 0 Å². The Morgan fingerprint density at radius 2 is 0.904 bits per heavy atom. The Hall–Kier alpha value is -6.44. The van der Waals surface area contributed by atoms with Crippen molar-refractivity contribution in [2.24, 2.45) is 0 Å². The fourth-order valence-electron chi connectivity index (χ4n) is 9.16. The molecule has 52 heavy (non-hydrogen) atoms. The Bertz CT molecular complexity index is 3010. The third-order valence-corrected chi connectivity index (χ3v) is 11.7. The zero-order valence-corrected chi connectivity index (χ0v) is 29.1. The van der Waals surface area contributed by atoms with Crippen molar-refractivity contribution >= 4 is 54.3 Å². The second kappa shape index (κ2) is 10.8. The summed E-state index contributed by atoms with van der Waals surface area (Å²) in [6.07, 6.45) is 0. The van der Waals surface area contributed by atoms with Crippen LogP contribution >= 0.6 is 0 Å². The van der Waals surface area contributed by atoms with Crippen LogP contribution in [0.25, 0.3) is 98.8 Å². The molecule has 0 N–H and O–H groups in total. The molecule has 0 atom stereocenters. The Kier molecular flexibility index (Phi) is 6.08. The fraction of sp³-hybridized carbons (Fsp3) is 0.0588. The molecule has 0 amide bonds. The van der Waals surface area contributed by atoms with Crippen LogP contribution in [0.5, 0.6) is 0 Å². The molecule has 0 unspecified atom stereocenters. The van der Waals surface area contributed by atoms with Crippen LogP contribution < -0.4 is 0 Å². The fourth-order valence-corrected chi connectivity index (χ4v) is 9.16. The van der Waals surface area contributed by atoms with Gasteiger partial charge < -0.3 is 4.42 Å². The highest BCUT2D eigenvalue weighted by Crippen LogP contribution is 2.52. The van der Waals surface area contributed by atoms with E-state index in [0.717, 1.165) is 11.2 Å². The van der Waals surface area contributed by atoms with Crippen LogP contribution in [0.4, 0.5) is 0 Å². The molecule has 0 saturated heterocycles. The Labute approximate surface area is 302 Å². The molecule has 0 aliphatic heterocycles. The number of hydrogen-bond acceptors (Lipinski definition) is 1. The molecule has 10 aromatic rings. The Morgan fingerprint density at radius 3 is 1.58 bits per heavy atom. The first kappa shape index (κ1) is 29.3. The molecule has 1 aliphatic rings. The third-order valence-electron chi connectivity index (χ3n) is 11.7. The number of benzene rings is 9. The minimum absolute atomic E-state index is 0.114. The molecule has 0 saturated carbocycles. The number of para-hydroxylation sites is 1. The van der Waals surface area contributed by atoms with E-state index < -0.39 is 0 Å². The number of hydrogen-bond donors (Lipinski definition) is 0. The first-order valence-electron chi connectivity index (χ1n) is 18.2. The lowest BCUT2D eigenvalue weighted by molar-refractivity contribution is 0.661. The predicted molar refractivity (Wildman–Crippen MR) is 220 cm³/mol. The molecule has 0 bridgehead atoms. The summed E-state index contributed by atoms with van der Waals surface area (Å²) in [5.41, 5.74) is 14.7. The van der Waals surface area contributed by atoms with Crippen LogP contribution in [0.1, 0.15) is 25.0 Å². The largest absolute Gasteiger partial charge is 0.456 e. The van der Waals surface area contributed by atoms with Crippen molar-refractivity contribution in [3.63, 3.8) is 0 Å². The van der Waals surface area contributed by atoms with Gasteiger partial charge in [-0.1, -0.05) is 153 Å². The minimum atomic E-state index is -0.114. The molecule has 1 aliphatic carbocycles. The van der Waals surface area contributed by atoms with E-state index in [1.165, 1.54) is 98.7 Å². The molecule has 1 nitrogen and oxygen atoms in total. The second-order valence-corrected chi connectivity index (χ2v) is 14.8. The van der Waals surface area contributed by atoms with Crippen molar-refractivity contribution in [3.8, 4) is 44.5 Å².